The highest BCUT2D eigenvalue weighted by atomic mass is 32.1. The van der Waals surface area contributed by atoms with Gasteiger partial charge in [-0.3, -0.25) is 4.79 Å². The van der Waals surface area contributed by atoms with E-state index in [0.29, 0.717) is 0 Å². The summed E-state index contributed by atoms with van der Waals surface area (Å²) in [5.74, 6) is 0. The number of hydrogen-bond donors (Lipinski definition) is 0. The molecule has 88 valence electrons. The summed E-state index contributed by atoms with van der Waals surface area (Å²) >= 11 is 1.31. The summed E-state index contributed by atoms with van der Waals surface area (Å²) < 4.78 is 6.52. The van der Waals surface area contributed by atoms with Crippen LogP contribution in [-0.2, 0) is 4.74 Å². The van der Waals surface area contributed by atoms with Crippen molar-refractivity contribution < 1.29 is 4.74 Å². The van der Waals surface area contributed by atoms with Crippen LogP contribution in [0.25, 0.3) is 10.1 Å². The second-order valence-corrected chi connectivity index (χ2v) is 5.09. The quantitative estimate of drug-likeness (QED) is 0.773. The summed E-state index contributed by atoms with van der Waals surface area (Å²) in [4.78, 5) is 13.9. The normalized spacial score (nSPS) is 16.4. The van der Waals surface area contributed by atoms with Gasteiger partial charge in [-0.15, -0.1) is 0 Å². The molecule has 0 aliphatic carbocycles. The summed E-state index contributed by atoms with van der Waals surface area (Å²) in [5.41, 5.74) is 1.05. The van der Waals surface area contributed by atoms with Gasteiger partial charge in [0.25, 0.3) is 0 Å². The van der Waals surface area contributed by atoms with Gasteiger partial charge in [-0.05, 0) is 6.07 Å². The molecule has 3 nitrogen and oxygen atoms in total. The highest BCUT2D eigenvalue weighted by Gasteiger charge is 2.14. The average Bonchev–Trinajstić information content (AvgIpc) is 2.39. The number of benzene rings is 1. The second-order valence-electron chi connectivity index (χ2n) is 4.05. The van der Waals surface area contributed by atoms with Gasteiger partial charge in [0, 0.05) is 29.2 Å². The van der Waals surface area contributed by atoms with Crippen molar-refractivity contribution in [3.63, 3.8) is 0 Å². The van der Waals surface area contributed by atoms with Crippen LogP contribution in [0.15, 0.2) is 35.1 Å². The molecule has 1 aromatic carbocycles. The minimum atomic E-state index is 0.116. The molecule has 0 saturated carbocycles. The first-order valence-electron chi connectivity index (χ1n) is 5.70. The Morgan fingerprint density at radius 1 is 1.18 bits per heavy atom. The monoisotopic (exact) mass is 247 g/mol. The third-order valence-corrected chi connectivity index (χ3v) is 3.87. The minimum absolute atomic E-state index is 0.116. The van der Waals surface area contributed by atoms with E-state index in [1.54, 1.807) is 6.07 Å². The van der Waals surface area contributed by atoms with Gasteiger partial charge >= 0.3 is 0 Å². The van der Waals surface area contributed by atoms with Crippen molar-refractivity contribution >= 4 is 27.1 Å². The standard InChI is InChI=1S/C13H13NO2S/c15-13-9-11(14-5-7-16-8-6-14)10-3-1-2-4-12(10)17-13/h1-4,9H,5-8H2. The molecular formula is C13H13NO2S. The van der Waals surface area contributed by atoms with E-state index in [-0.39, 0.29) is 4.74 Å². The van der Waals surface area contributed by atoms with Gasteiger partial charge < -0.3 is 9.64 Å². The maximum absolute atomic E-state index is 11.7. The van der Waals surface area contributed by atoms with E-state index >= 15 is 0 Å². The van der Waals surface area contributed by atoms with E-state index in [1.807, 2.05) is 18.2 Å². The summed E-state index contributed by atoms with van der Waals surface area (Å²) in [6.45, 7) is 3.19. The summed E-state index contributed by atoms with van der Waals surface area (Å²) in [6.07, 6.45) is 0. The van der Waals surface area contributed by atoms with Gasteiger partial charge in [-0.1, -0.05) is 29.5 Å². The van der Waals surface area contributed by atoms with Crippen LogP contribution in [0.3, 0.4) is 0 Å². The predicted octanol–water partition coefficient (Wildman–Crippen LogP) is 2.10. The first-order valence-corrected chi connectivity index (χ1v) is 6.52. The Morgan fingerprint density at radius 3 is 2.76 bits per heavy atom. The van der Waals surface area contributed by atoms with E-state index in [0.717, 1.165) is 36.7 Å². The molecule has 1 aliphatic heterocycles. The molecule has 0 amide bonds. The van der Waals surface area contributed by atoms with Gasteiger partial charge in [0.1, 0.15) is 0 Å². The number of nitrogens with zero attached hydrogens (tertiary/aromatic N) is 1. The van der Waals surface area contributed by atoms with Crippen molar-refractivity contribution in [1.82, 2.24) is 0 Å². The van der Waals surface area contributed by atoms with Crippen molar-refractivity contribution in [3.8, 4) is 0 Å². The fourth-order valence-electron chi connectivity index (χ4n) is 2.16. The SMILES string of the molecule is O=c1cc(N2CCOCC2)c2ccccc2s1. The van der Waals surface area contributed by atoms with Crippen molar-refractivity contribution in [3.05, 3.63) is 39.9 Å². The highest BCUT2D eigenvalue weighted by molar-refractivity contribution is 7.16. The van der Waals surface area contributed by atoms with Crippen molar-refractivity contribution in [2.24, 2.45) is 0 Å². The van der Waals surface area contributed by atoms with E-state index in [2.05, 4.69) is 11.0 Å². The minimum Gasteiger partial charge on any atom is -0.378 e. The lowest BCUT2D eigenvalue weighted by Crippen LogP contribution is -2.36. The van der Waals surface area contributed by atoms with E-state index in [4.69, 9.17) is 4.74 Å². The van der Waals surface area contributed by atoms with E-state index in [1.165, 1.54) is 16.7 Å². The summed E-state index contributed by atoms with van der Waals surface area (Å²) in [5, 5.41) is 1.17. The number of hydrogen-bond acceptors (Lipinski definition) is 4. The first-order chi connectivity index (χ1) is 8.34. The van der Waals surface area contributed by atoms with Crippen molar-refractivity contribution in [2.75, 3.05) is 31.2 Å². The molecule has 0 atom stereocenters. The zero-order valence-corrected chi connectivity index (χ0v) is 10.2. The number of anilines is 1. The molecule has 0 radical (unpaired) electrons. The lowest BCUT2D eigenvalue weighted by atomic mass is 10.2. The van der Waals surface area contributed by atoms with Crippen LogP contribution in [-0.4, -0.2) is 26.3 Å². The number of ether oxygens (including phenoxy) is 1. The molecule has 0 N–H and O–H groups in total. The number of morpholine rings is 1. The summed E-state index contributed by atoms with van der Waals surface area (Å²) in [7, 11) is 0. The summed E-state index contributed by atoms with van der Waals surface area (Å²) in [6, 6.07) is 9.82. The van der Waals surface area contributed by atoms with Gasteiger partial charge in [0.2, 0.25) is 4.74 Å². The molecule has 1 aliphatic rings. The predicted molar refractivity (Wildman–Crippen MR) is 71.1 cm³/mol. The van der Waals surface area contributed by atoms with Crippen LogP contribution in [0, 0.1) is 0 Å². The maximum atomic E-state index is 11.7. The Labute approximate surface area is 103 Å². The van der Waals surface area contributed by atoms with Gasteiger partial charge in [0.05, 0.1) is 18.9 Å². The van der Waals surface area contributed by atoms with Gasteiger partial charge in [-0.2, -0.15) is 0 Å². The fraction of sp³-hybridized carbons (Fsp3) is 0.308. The van der Waals surface area contributed by atoms with E-state index in [9.17, 15) is 4.79 Å². The molecule has 1 saturated heterocycles. The molecule has 2 aromatic rings. The van der Waals surface area contributed by atoms with Gasteiger partial charge in [-0.25, -0.2) is 0 Å². The van der Waals surface area contributed by atoms with Crippen LogP contribution >= 0.6 is 11.3 Å². The molecule has 0 spiro atoms. The molecule has 4 heteroatoms. The molecule has 2 heterocycles. The Hall–Kier alpha value is -1.39. The number of fused-ring (bicyclic) bond motifs is 1. The average molecular weight is 247 g/mol. The lowest BCUT2D eigenvalue weighted by Gasteiger charge is -2.29. The Balaban J connectivity index is 2.16. The van der Waals surface area contributed by atoms with Crippen molar-refractivity contribution in [2.45, 2.75) is 0 Å². The smallest absolute Gasteiger partial charge is 0.234 e. The van der Waals surface area contributed by atoms with E-state index < -0.39 is 0 Å². The number of rotatable bonds is 1. The fourth-order valence-corrected chi connectivity index (χ4v) is 2.98. The highest BCUT2D eigenvalue weighted by Crippen LogP contribution is 2.27. The zero-order chi connectivity index (χ0) is 11.7. The maximum Gasteiger partial charge on any atom is 0.234 e. The Kier molecular flexibility index (Phi) is 2.82. The van der Waals surface area contributed by atoms with Crippen LogP contribution in [0.5, 0.6) is 0 Å². The Bertz CT molecular complexity index is 587. The van der Waals surface area contributed by atoms with Crippen LogP contribution in [0.4, 0.5) is 5.69 Å². The van der Waals surface area contributed by atoms with Crippen LogP contribution < -0.4 is 9.64 Å². The molecule has 1 fully saturated rings. The molecule has 0 bridgehead atoms. The zero-order valence-electron chi connectivity index (χ0n) is 9.39. The third kappa shape index (κ3) is 2.06. The van der Waals surface area contributed by atoms with Crippen LogP contribution in [0.2, 0.25) is 0 Å². The largest absolute Gasteiger partial charge is 0.378 e. The first kappa shape index (κ1) is 10.7. The molecular weight excluding hydrogens is 234 g/mol. The third-order valence-electron chi connectivity index (χ3n) is 2.98. The molecule has 3 rings (SSSR count). The Morgan fingerprint density at radius 2 is 1.94 bits per heavy atom. The van der Waals surface area contributed by atoms with Gasteiger partial charge in [0.15, 0.2) is 0 Å². The van der Waals surface area contributed by atoms with Crippen LogP contribution in [0.1, 0.15) is 0 Å². The lowest BCUT2D eigenvalue weighted by molar-refractivity contribution is 0.123. The molecule has 1 aromatic heterocycles. The van der Waals surface area contributed by atoms with Crippen molar-refractivity contribution in [1.29, 1.82) is 0 Å². The molecule has 0 unspecified atom stereocenters. The second kappa shape index (κ2) is 4.47. The molecule has 17 heavy (non-hydrogen) atoms. The topological polar surface area (TPSA) is 29.5 Å².